The quantitative estimate of drug-likeness (QED) is 0.764. The molecule has 0 unspecified atom stereocenters. The van der Waals surface area contributed by atoms with Crippen LogP contribution in [0.25, 0.3) is 17.0 Å². The van der Waals surface area contributed by atoms with Crippen LogP contribution in [0.2, 0.25) is 0 Å². The molecule has 5 nitrogen and oxygen atoms in total. The minimum absolute atomic E-state index is 0.257. The number of aromatic nitrogens is 3. The summed E-state index contributed by atoms with van der Waals surface area (Å²) >= 11 is 0. The molecule has 2 heterocycles. The van der Waals surface area contributed by atoms with Gasteiger partial charge in [-0.2, -0.15) is 0 Å². The second-order valence-electron chi connectivity index (χ2n) is 4.06. The van der Waals surface area contributed by atoms with Gasteiger partial charge in [-0.1, -0.05) is 0 Å². The molecule has 0 saturated heterocycles. The maximum atomic E-state index is 13.4. The van der Waals surface area contributed by atoms with E-state index in [0.29, 0.717) is 11.5 Å². The molecule has 0 aliphatic heterocycles. The average molecular weight is 258 g/mol. The molecule has 2 N–H and O–H groups in total. The fraction of sp³-hybridized carbons (Fsp3) is 0.0769. The third-order valence-corrected chi connectivity index (χ3v) is 2.85. The number of ether oxygens (including phenoxy) is 1. The van der Waals surface area contributed by atoms with Crippen LogP contribution in [0.15, 0.2) is 36.5 Å². The Morgan fingerprint density at radius 3 is 2.63 bits per heavy atom. The number of fused-ring (bicyclic) bond motifs is 1. The van der Waals surface area contributed by atoms with E-state index in [0.717, 1.165) is 11.3 Å². The van der Waals surface area contributed by atoms with Gasteiger partial charge in [0.2, 0.25) is 0 Å². The Morgan fingerprint density at radius 1 is 1.21 bits per heavy atom. The molecular weight excluding hydrogens is 247 g/mol. The fourth-order valence-electron chi connectivity index (χ4n) is 1.92. The predicted octanol–water partition coefficient (Wildman–Crippen LogP) is 2.13. The lowest BCUT2D eigenvalue weighted by molar-refractivity contribution is 0.415. The molecule has 0 aliphatic rings. The van der Waals surface area contributed by atoms with Gasteiger partial charge in [-0.3, -0.25) is 4.40 Å². The Hall–Kier alpha value is -2.63. The van der Waals surface area contributed by atoms with E-state index < -0.39 is 5.82 Å². The van der Waals surface area contributed by atoms with Crippen LogP contribution in [0.1, 0.15) is 0 Å². The summed E-state index contributed by atoms with van der Waals surface area (Å²) < 4.78 is 20.0. The maximum absolute atomic E-state index is 13.4. The van der Waals surface area contributed by atoms with Crippen molar-refractivity contribution in [3.8, 4) is 17.1 Å². The highest BCUT2D eigenvalue weighted by molar-refractivity contribution is 5.69. The first-order valence-electron chi connectivity index (χ1n) is 5.63. The van der Waals surface area contributed by atoms with Crippen molar-refractivity contribution in [3.63, 3.8) is 0 Å². The van der Waals surface area contributed by atoms with Gasteiger partial charge in [0.1, 0.15) is 11.6 Å². The molecule has 6 heteroatoms. The first-order chi connectivity index (χ1) is 9.19. The minimum Gasteiger partial charge on any atom is -0.497 e. The van der Waals surface area contributed by atoms with Crippen molar-refractivity contribution < 1.29 is 9.13 Å². The van der Waals surface area contributed by atoms with Crippen molar-refractivity contribution in [1.82, 2.24) is 14.6 Å². The lowest BCUT2D eigenvalue weighted by Gasteiger charge is -2.03. The molecule has 19 heavy (non-hydrogen) atoms. The second kappa shape index (κ2) is 4.24. The highest BCUT2D eigenvalue weighted by Gasteiger charge is 2.11. The van der Waals surface area contributed by atoms with E-state index in [9.17, 15) is 4.39 Å². The Kier molecular flexibility index (Phi) is 2.56. The maximum Gasteiger partial charge on any atom is 0.184 e. The summed E-state index contributed by atoms with van der Waals surface area (Å²) in [5, 5.41) is 8.02. The highest BCUT2D eigenvalue weighted by atomic mass is 19.1. The largest absolute Gasteiger partial charge is 0.497 e. The number of nitrogens with zero attached hydrogens (tertiary/aromatic N) is 3. The molecule has 0 amide bonds. The molecule has 0 aliphatic carbocycles. The number of benzene rings is 1. The van der Waals surface area contributed by atoms with E-state index in [4.69, 9.17) is 10.5 Å². The SMILES string of the molecule is COc1ccc(-c2nnc3c(N)cc(F)cn23)cc1. The van der Waals surface area contributed by atoms with Gasteiger partial charge in [-0.15, -0.1) is 10.2 Å². The molecule has 0 spiro atoms. The first kappa shape index (κ1) is 11.5. The monoisotopic (exact) mass is 258 g/mol. The van der Waals surface area contributed by atoms with Crippen molar-refractivity contribution in [2.45, 2.75) is 0 Å². The predicted molar refractivity (Wildman–Crippen MR) is 69.3 cm³/mol. The average Bonchev–Trinajstić information content (AvgIpc) is 2.83. The number of hydrogen-bond donors (Lipinski definition) is 1. The summed E-state index contributed by atoms with van der Waals surface area (Å²) in [6.45, 7) is 0. The van der Waals surface area contributed by atoms with E-state index in [1.165, 1.54) is 16.7 Å². The van der Waals surface area contributed by atoms with E-state index in [-0.39, 0.29) is 5.69 Å². The lowest BCUT2D eigenvalue weighted by atomic mass is 10.2. The number of nitrogens with two attached hydrogens (primary N) is 1. The third kappa shape index (κ3) is 1.87. The number of halogens is 1. The number of hydrogen-bond acceptors (Lipinski definition) is 4. The van der Waals surface area contributed by atoms with Gasteiger partial charge in [0.15, 0.2) is 11.5 Å². The number of rotatable bonds is 2. The van der Waals surface area contributed by atoms with Crippen molar-refractivity contribution in [3.05, 3.63) is 42.3 Å². The summed E-state index contributed by atoms with van der Waals surface area (Å²) in [5.41, 5.74) is 7.21. The van der Waals surface area contributed by atoms with Crippen LogP contribution < -0.4 is 10.5 Å². The summed E-state index contributed by atoms with van der Waals surface area (Å²) in [6.07, 6.45) is 1.31. The van der Waals surface area contributed by atoms with Crippen LogP contribution in [0, 0.1) is 5.82 Å². The van der Waals surface area contributed by atoms with Gasteiger partial charge in [0.25, 0.3) is 0 Å². The molecular formula is C13H11FN4O. The summed E-state index contributed by atoms with van der Waals surface area (Å²) in [6, 6.07) is 8.49. The van der Waals surface area contributed by atoms with E-state index in [2.05, 4.69) is 10.2 Å². The van der Waals surface area contributed by atoms with Crippen molar-refractivity contribution in [2.24, 2.45) is 0 Å². The molecule has 3 rings (SSSR count). The normalized spacial score (nSPS) is 10.8. The molecule has 0 atom stereocenters. The van der Waals surface area contributed by atoms with Crippen molar-refractivity contribution in [2.75, 3.05) is 12.8 Å². The van der Waals surface area contributed by atoms with Crippen LogP contribution in [-0.4, -0.2) is 21.7 Å². The van der Waals surface area contributed by atoms with Gasteiger partial charge in [0.05, 0.1) is 12.8 Å². The summed E-state index contributed by atoms with van der Waals surface area (Å²) in [5.74, 6) is 0.840. The zero-order chi connectivity index (χ0) is 13.4. The molecule has 1 aromatic carbocycles. The zero-order valence-corrected chi connectivity index (χ0v) is 10.2. The van der Waals surface area contributed by atoms with Crippen molar-refractivity contribution >= 4 is 11.3 Å². The van der Waals surface area contributed by atoms with Gasteiger partial charge in [0, 0.05) is 17.8 Å². The van der Waals surface area contributed by atoms with Crippen LogP contribution in [0.4, 0.5) is 10.1 Å². The van der Waals surface area contributed by atoms with Crippen LogP contribution in [0.3, 0.4) is 0 Å². The Morgan fingerprint density at radius 2 is 1.95 bits per heavy atom. The summed E-state index contributed by atoms with van der Waals surface area (Å²) in [7, 11) is 1.59. The number of methoxy groups -OCH3 is 1. The van der Waals surface area contributed by atoms with Crippen LogP contribution in [-0.2, 0) is 0 Å². The summed E-state index contributed by atoms with van der Waals surface area (Å²) in [4.78, 5) is 0. The van der Waals surface area contributed by atoms with Gasteiger partial charge < -0.3 is 10.5 Å². The first-order valence-corrected chi connectivity index (χ1v) is 5.63. The fourth-order valence-corrected chi connectivity index (χ4v) is 1.92. The number of nitrogen functional groups attached to an aromatic ring is 1. The minimum atomic E-state index is -0.431. The topological polar surface area (TPSA) is 65.4 Å². The standard InChI is InChI=1S/C13H11FN4O/c1-19-10-4-2-8(3-5-10)12-16-17-13-11(15)6-9(14)7-18(12)13/h2-7H,15H2,1H3. The Balaban J connectivity index is 2.19. The zero-order valence-electron chi connectivity index (χ0n) is 10.2. The number of pyridine rings is 1. The highest BCUT2D eigenvalue weighted by Crippen LogP contribution is 2.23. The van der Waals surface area contributed by atoms with Crippen LogP contribution in [0.5, 0.6) is 5.75 Å². The van der Waals surface area contributed by atoms with E-state index >= 15 is 0 Å². The molecule has 0 radical (unpaired) electrons. The van der Waals surface area contributed by atoms with Crippen LogP contribution >= 0.6 is 0 Å². The smallest absolute Gasteiger partial charge is 0.184 e. The van der Waals surface area contributed by atoms with E-state index in [1.54, 1.807) is 19.2 Å². The van der Waals surface area contributed by atoms with E-state index in [1.807, 2.05) is 12.1 Å². The third-order valence-electron chi connectivity index (χ3n) is 2.85. The van der Waals surface area contributed by atoms with Gasteiger partial charge in [-0.05, 0) is 24.3 Å². The van der Waals surface area contributed by atoms with Gasteiger partial charge in [-0.25, -0.2) is 4.39 Å². The molecule has 3 aromatic rings. The molecule has 0 fully saturated rings. The molecule has 96 valence electrons. The van der Waals surface area contributed by atoms with Crippen molar-refractivity contribution in [1.29, 1.82) is 0 Å². The molecule has 0 bridgehead atoms. The number of anilines is 1. The van der Waals surface area contributed by atoms with Gasteiger partial charge >= 0.3 is 0 Å². The molecule has 2 aromatic heterocycles. The lowest BCUT2D eigenvalue weighted by Crippen LogP contribution is -1.96. The molecule has 0 saturated carbocycles. The Bertz CT molecular complexity index is 736. The second-order valence-corrected chi connectivity index (χ2v) is 4.06. The Labute approximate surface area is 108 Å².